The van der Waals surface area contributed by atoms with Gasteiger partial charge in [-0.25, -0.2) is 4.98 Å². The van der Waals surface area contributed by atoms with Crippen LogP contribution in [-0.4, -0.2) is 19.6 Å². The summed E-state index contributed by atoms with van der Waals surface area (Å²) in [6.45, 7) is 4.16. The number of aliphatic hydroxyl groups is 1. The highest BCUT2D eigenvalue weighted by Gasteiger charge is 2.36. The van der Waals surface area contributed by atoms with E-state index in [2.05, 4.69) is 46.6 Å². The van der Waals surface area contributed by atoms with E-state index in [1.165, 1.54) is 11.4 Å². The monoisotopic (exact) mass is 299 g/mol. The van der Waals surface area contributed by atoms with E-state index in [1.54, 1.807) is 17.5 Å². The van der Waals surface area contributed by atoms with E-state index in [0.29, 0.717) is 0 Å². The van der Waals surface area contributed by atoms with Gasteiger partial charge < -0.3 is 5.11 Å². The molecule has 3 aromatic heterocycles. The Labute approximate surface area is 127 Å². The maximum Gasteiger partial charge on any atom is 0.196 e. The molecule has 0 unspecified atom stereocenters. The van der Waals surface area contributed by atoms with Crippen LogP contribution in [0.15, 0.2) is 24.4 Å². The maximum absolute atomic E-state index is 10.5. The third kappa shape index (κ3) is 1.92. The van der Waals surface area contributed by atoms with Crippen LogP contribution in [0.1, 0.15) is 36.2 Å². The molecule has 108 valence electrons. The number of fused-ring (bicyclic) bond motifs is 1. The van der Waals surface area contributed by atoms with Crippen molar-refractivity contribution in [3.63, 3.8) is 0 Å². The van der Waals surface area contributed by atoms with Gasteiger partial charge in [0.05, 0.1) is 10.3 Å². The molecule has 0 atom stereocenters. The number of thiazole rings is 1. The van der Waals surface area contributed by atoms with Gasteiger partial charge in [0.2, 0.25) is 0 Å². The molecule has 0 spiro atoms. The highest BCUT2D eigenvalue weighted by Crippen LogP contribution is 2.42. The van der Waals surface area contributed by atoms with Crippen LogP contribution in [0.5, 0.6) is 0 Å². The first-order valence-electron chi connectivity index (χ1n) is 7.22. The molecule has 1 aliphatic rings. The van der Waals surface area contributed by atoms with Crippen molar-refractivity contribution in [2.45, 2.75) is 38.7 Å². The molecule has 0 aliphatic heterocycles. The van der Waals surface area contributed by atoms with Gasteiger partial charge in [0.1, 0.15) is 0 Å². The van der Waals surface area contributed by atoms with Crippen LogP contribution in [-0.2, 0) is 5.60 Å². The normalized spacial score (nSPS) is 17.1. The molecular formula is C16H17N3OS. The van der Waals surface area contributed by atoms with Crippen LogP contribution >= 0.6 is 11.3 Å². The van der Waals surface area contributed by atoms with Crippen molar-refractivity contribution in [2.24, 2.45) is 0 Å². The second-order valence-corrected chi connectivity index (χ2v) is 6.89. The third-order valence-corrected chi connectivity index (χ3v) is 5.39. The minimum absolute atomic E-state index is 0.662. The van der Waals surface area contributed by atoms with E-state index in [9.17, 15) is 5.11 Å². The molecule has 1 saturated carbocycles. The summed E-state index contributed by atoms with van der Waals surface area (Å²) in [5.74, 6) is 0. The predicted octanol–water partition coefficient (Wildman–Crippen LogP) is 3.47. The number of hydrogen-bond donors (Lipinski definition) is 1. The summed E-state index contributed by atoms with van der Waals surface area (Å²) in [6.07, 6.45) is 4.54. The topological polar surface area (TPSA) is 50.9 Å². The van der Waals surface area contributed by atoms with Gasteiger partial charge in [-0.1, -0.05) is 11.3 Å². The minimum atomic E-state index is -0.662. The predicted molar refractivity (Wildman–Crippen MR) is 84.0 cm³/mol. The number of rotatable bonds is 2. The number of hydrogen-bond acceptors (Lipinski definition) is 4. The lowest BCUT2D eigenvalue weighted by Gasteiger charge is -2.36. The fourth-order valence-electron chi connectivity index (χ4n) is 2.93. The second kappa shape index (κ2) is 4.39. The van der Waals surface area contributed by atoms with Crippen molar-refractivity contribution in [3.05, 3.63) is 41.3 Å². The maximum atomic E-state index is 10.5. The third-order valence-electron chi connectivity index (χ3n) is 4.42. The average molecular weight is 299 g/mol. The first kappa shape index (κ1) is 13.0. The number of nitrogens with zero attached hydrogens (tertiary/aromatic N) is 3. The standard InChI is InChI=1S/C16H17N3OS/c1-10-4-5-11(2)19(10)15-18-14-13(21-15)8-12(9-17-14)16(20)6-3-7-16/h4-5,8-9,20H,3,6-7H2,1-2H3. The SMILES string of the molecule is Cc1ccc(C)n1-c1nc2ncc(C3(O)CCC3)cc2s1. The van der Waals surface area contributed by atoms with Crippen LogP contribution < -0.4 is 0 Å². The van der Waals surface area contributed by atoms with Crippen molar-refractivity contribution in [1.82, 2.24) is 14.5 Å². The molecule has 3 heterocycles. The molecule has 5 heteroatoms. The van der Waals surface area contributed by atoms with Gasteiger partial charge in [0.25, 0.3) is 0 Å². The Kier molecular flexibility index (Phi) is 2.71. The summed E-state index contributed by atoms with van der Waals surface area (Å²) in [5.41, 5.74) is 3.37. The molecule has 0 radical (unpaired) electrons. The summed E-state index contributed by atoms with van der Waals surface area (Å²) in [6, 6.07) is 6.24. The van der Waals surface area contributed by atoms with E-state index in [4.69, 9.17) is 0 Å². The lowest BCUT2D eigenvalue weighted by molar-refractivity contribution is -0.0389. The Morgan fingerprint density at radius 1 is 1.24 bits per heavy atom. The van der Waals surface area contributed by atoms with Gasteiger partial charge >= 0.3 is 0 Å². The average Bonchev–Trinajstić information content (AvgIpc) is 2.98. The molecule has 21 heavy (non-hydrogen) atoms. The summed E-state index contributed by atoms with van der Waals surface area (Å²) in [7, 11) is 0. The van der Waals surface area contributed by atoms with E-state index in [-0.39, 0.29) is 0 Å². The molecule has 0 saturated heterocycles. The van der Waals surface area contributed by atoms with Crippen molar-refractivity contribution >= 4 is 21.7 Å². The largest absolute Gasteiger partial charge is 0.385 e. The smallest absolute Gasteiger partial charge is 0.196 e. The Hall–Kier alpha value is -1.72. The Bertz CT molecular complexity index is 810. The molecule has 0 aromatic carbocycles. The molecule has 0 bridgehead atoms. The Morgan fingerprint density at radius 2 is 1.95 bits per heavy atom. The molecule has 4 nitrogen and oxygen atoms in total. The van der Waals surface area contributed by atoms with Gasteiger partial charge in [-0.2, -0.15) is 4.98 Å². The molecule has 4 rings (SSSR count). The minimum Gasteiger partial charge on any atom is -0.385 e. The summed E-state index contributed by atoms with van der Waals surface area (Å²) in [4.78, 5) is 9.08. The number of aryl methyl sites for hydroxylation is 2. The van der Waals surface area contributed by atoms with Crippen LogP contribution in [0.3, 0.4) is 0 Å². The fourth-order valence-corrected chi connectivity index (χ4v) is 4.01. The zero-order valence-electron chi connectivity index (χ0n) is 12.1. The van der Waals surface area contributed by atoms with Gasteiger partial charge in [-0.3, -0.25) is 4.57 Å². The summed E-state index contributed by atoms with van der Waals surface area (Å²) in [5, 5.41) is 11.4. The fraction of sp³-hybridized carbons (Fsp3) is 0.375. The molecule has 3 aromatic rings. The zero-order valence-corrected chi connectivity index (χ0v) is 12.9. The lowest BCUT2D eigenvalue weighted by atomic mass is 9.76. The van der Waals surface area contributed by atoms with Gasteiger partial charge in [0, 0.05) is 23.1 Å². The van der Waals surface area contributed by atoms with E-state index < -0.39 is 5.60 Å². The summed E-state index contributed by atoms with van der Waals surface area (Å²) >= 11 is 1.63. The molecule has 1 N–H and O–H groups in total. The first-order chi connectivity index (χ1) is 10.1. The van der Waals surface area contributed by atoms with Crippen LogP contribution in [0.4, 0.5) is 0 Å². The lowest BCUT2D eigenvalue weighted by Crippen LogP contribution is -2.33. The molecule has 1 aliphatic carbocycles. The number of aromatic nitrogens is 3. The van der Waals surface area contributed by atoms with Crippen LogP contribution in [0, 0.1) is 13.8 Å². The van der Waals surface area contributed by atoms with Crippen LogP contribution in [0.25, 0.3) is 15.5 Å². The second-order valence-electron chi connectivity index (χ2n) is 5.88. The van der Waals surface area contributed by atoms with Crippen molar-refractivity contribution in [2.75, 3.05) is 0 Å². The molecule has 1 fully saturated rings. The van der Waals surface area contributed by atoms with Crippen molar-refractivity contribution in [3.8, 4) is 5.13 Å². The van der Waals surface area contributed by atoms with Crippen molar-refractivity contribution in [1.29, 1.82) is 0 Å². The zero-order chi connectivity index (χ0) is 14.6. The Morgan fingerprint density at radius 3 is 2.57 bits per heavy atom. The molecular weight excluding hydrogens is 282 g/mol. The van der Waals surface area contributed by atoms with Gasteiger partial charge in [-0.05, 0) is 51.3 Å². The quantitative estimate of drug-likeness (QED) is 0.788. The highest BCUT2D eigenvalue weighted by molar-refractivity contribution is 7.20. The van der Waals surface area contributed by atoms with E-state index in [0.717, 1.165) is 40.3 Å². The van der Waals surface area contributed by atoms with Crippen molar-refractivity contribution < 1.29 is 5.11 Å². The highest BCUT2D eigenvalue weighted by atomic mass is 32.1. The Balaban J connectivity index is 1.83. The van der Waals surface area contributed by atoms with Crippen LogP contribution in [0.2, 0.25) is 0 Å². The first-order valence-corrected chi connectivity index (χ1v) is 8.03. The summed E-state index contributed by atoms with van der Waals surface area (Å²) < 4.78 is 3.18. The van der Waals surface area contributed by atoms with E-state index >= 15 is 0 Å². The van der Waals surface area contributed by atoms with E-state index in [1.807, 2.05) is 0 Å². The number of pyridine rings is 1. The van der Waals surface area contributed by atoms with Gasteiger partial charge in [0.15, 0.2) is 10.8 Å². The van der Waals surface area contributed by atoms with Gasteiger partial charge in [-0.15, -0.1) is 0 Å². The molecule has 0 amide bonds.